The number of carbonyl (C=O) groups excluding carboxylic acids is 2. The molecule has 0 spiro atoms. The molecule has 7 nitrogen and oxygen atoms in total. The van der Waals surface area contributed by atoms with Crippen molar-refractivity contribution >= 4 is 24.2 Å². The molecule has 2 atom stereocenters. The summed E-state index contributed by atoms with van der Waals surface area (Å²) in [5.41, 5.74) is 5.99. The highest BCUT2D eigenvalue weighted by Crippen LogP contribution is 2.32. The van der Waals surface area contributed by atoms with Gasteiger partial charge in [-0.2, -0.15) is 0 Å². The van der Waals surface area contributed by atoms with Crippen molar-refractivity contribution in [2.45, 2.75) is 50.7 Å². The SMILES string of the molecule is COc1cc(CNC(=O)CC2CC3CCC(C2)N3)ccc1OCC(N)=O.Cl. The Bertz CT molecular complexity index is 658. The number of hydrogen-bond donors (Lipinski definition) is 3. The molecule has 0 aliphatic carbocycles. The molecule has 2 saturated heterocycles. The molecule has 1 aromatic carbocycles. The van der Waals surface area contributed by atoms with Crippen molar-refractivity contribution in [1.29, 1.82) is 0 Å². The Balaban J connectivity index is 0.00000261. The van der Waals surface area contributed by atoms with E-state index in [0.29, 0.717) is 42.5 Å². The number of methoxy groups -OCH3 is 1. The molecule has 2 amide bonds. The summed E-state index contributed by atoms with van der Waals surface area (Å²) < 4.78 is 10.6. The second kappa shape index (κ2) is 9.80. The number of ether oxygens (including phenoxy) is 2. The summed E-state index contributed by atoms with van der Waals surface area (Å²) >= 11 is 0. The minimum absolute atomic E-state index is 0. The molecule has 2 aliphatic heterocycles. The van der Waals surface area contributed by atoms with Gasteiger partial charge in [0.05, 0.1) is 7.11 Å². The lowest BCUT2D eigenvalue weighted by Crippen LogP contribution is -2.39. The lowest BCUT2D eigenvalue weighted by Gasteiger charge is -2.28. The molecule has 3 rings (SSSR count). The zero-order chi connectivity index (χ0) is 18.5. The smallest absolute Gasteiger partial charge is 0.255 e. The van der Waals surface area contributed by atoms with Gasteiger partial charge >= 0.3 is 0 Å². The minimum Gasteiger partial charge on any atom is -0.493 e. The van der Waals surface area contributed by atoms with Crippen LogP contribution in [0.15, 0.2) is 18.2 Å². The van der Waals surface area contributed by atoms with E-state index in [1.807, 2.05) is 6.07 Å². The summed E-state index contributed by atoms with van der Waals surface area (Å²) in [4.78, 5) is 23.1. The summed E-state index contributed by atoms with van der Waals surface area (Å²) in [6.07, 6.45) is 5.28. The molecule has 0 saturated carbocycles. The zero-order valence-electron chi connectivity index (χ0n) is 15.5. The number of primary amides is 1. The van der Waals surface area contributed by atoms with Crippen molar-refractivity contribution in [3.63, 3.8) is 0 Å². The van der Waals surface area contributed by atoms with Crippen molar-refractivity contribution in [2.75, 3.05) is 13.7 Å². The highest BCUT2D eigenvalue weighted by Gasteiger charge is 2.34. The van der Waals surface area contributed by atoms with E-state index in [2.05, 4.69) is 10.6 Å². The van der Waals surface area contributed by atoms with Crippen LogP contribution in [0.1, 0.15) is 37.7 Å². The number of nitrogens with one attached hydrogen (secondary N) is 2. The molecular formula is C19H28ClN3O4. The highest BCUT2D eigenvalue weighted by atomic mass is 35.5. The average Bonchev–Trinajstić information content (AvgIpc) is 2.96. The Morgan fingerprint density at radius 2 is 1.93 bits per heavy atom. The van der Waals surface area contributed by atoms with E-state index in [0.717, 1.165) is 18.4 Å². The van der Waals surface area contributed by atoms with Gasteiger partial charge in [-0.15, -0.1) is 12.4 Å². The van der Waals surface area contributed by atoms with Gasteiger partial charge in [-0.05, 0) is 49.3 Å². The number of piperidine rings is 1. The molecule has 2 aliphatic rings. The van der Waals surface area contributed by atoms with Crippen LogP contribution in [0.4, 0.5) is 0 Å². The first-order valence-electron chi connectivity index (χ1n) is 9.14. The maximum absolute atomic E-state index is 12.3. The largest absolute Gasteiger partial charge is 0.493 e. The number of fused-ring (bicyclic) bond motifs is 2. The Labute approximate surface area is 165 Å². The zero-order valence-corrected chi connectivity index (χ0v) is 16.3. The third-order valence-corrected chi connectivity index (χ3v) is 5.13. The van der Waals surface area contributed by atoms with E-state index in [4.69, 9.17) is 15.2 Å². The molecule has 2 heterocycles. The number of nitrogens with two attached hydrogens (primary N) is 1. The molecule has 8 heteroatoms. The van der Waals surface area contributed by atoms with Gasteiger partial charge in [-0.1, -0.05) is 6.07 Å². The maximum Gasteiger partial charge on any atom is 0.255 e. The van der Waals surface area contributed by atoms with Crippen molar-refractivity contribution in [1.82, 2.24) is 10.6 Å². The molecule has 2 fully saturated rings. The molecular weight excluding hydrogens is 370 g/mol. The fourth-order valence-electron chi connectivity index (χ4n) is 3.97. The summed E-state index contributed by atoms with van der Waals surface area (Å²) in [6, 6.07) is 6.55. The molecule has 27 heavy (non-hydrogen) atoms. The van der Waals surface area contributed by atoms with Crippen molar-refractivity contribution < 1.29 is 19.1 Å². The first-order valence-corrected chi connectivity index (χ1v) is 9.14. The van der Waals surface area contributed by atoms with Gasteiger partial charge in [-0.25, -0.2) is 0 Å². The predicted octanol–water partition coefficient (Wildman–Crippen LogP) is 1.52. The van der Waals surface area contributed by atoms with E-state index in [-0.39, 0.29) is 24.9 Å². The number of amides is 2. The molecule has 150 valence electrons. The third-order valence-electron chi connectivity index (χ3n) is 5.13. The Hall–Kier alpha value is -1.99. The molecule has 2 bridgehead atoms. The van der Waals surface area contributed by atoms with E-state index in [1.54, 1.807) is 12.1 Å². The van der Waals surface area contributed by atoms with Gasteiger partial charge in [0.15, 0.2) is 18.1 Å². The summed E-state index contributed by atoms with van der Waals surface area (Å²) in [5.74, 6) is 0.978. The normalized spacial score (nSPS) is 23.2. The molecule has 2 unspecified atom stereocenters. The Morgan fingerprint density at radius 3 is 2.56 bits per heavy atom. The van der Waals surface area contributed by atoms with E-state index in [1.165, 1.54) is 20.0 Å². The summed E-state index contributed by atoms with van der Waals surface area (Å²) in [6.45, 7) is 0.230. The van der Waals surface area contributed by atoms with Crippen LogP contribution >= 0.6 is 12.4 Å². The van der Waals surface area contributed by atoms with E-state index < -0.39 is 5.91 Å². The quantitative estimate of drug-likeness (QED) is 0.617. The first kappa shape index (κ1) is 21.3. The third kappa shape index (κ3) is 6.01. The second-order valence-electron chi connectivity index (χ2n) is 7.20. The Kier molecular flexibility index (Phi) is 7.74. The second-order valence-corrected chi connectivity index (χ2v) is 7.20. The van der Waals surface area contributed by atoms with Crippen LogP contribution in [0.2, 0.25) is 0 Å². The van der Waals surface area contributed by atoms with Crippen molar-refractivity contribution in [2.24, 2.45) is 11.7 Å². The summed E-state index contributed by atoms with van der Waals surface area (Å²) in [7, 11) is 1.53. The fraction of sp³-hybridized carbons (Fsp3) is 0.579. The lowest BCUT2D eigenvalue weighted by molar-refractivity contribution is -0.122. The standard InChI is InChI=1S/C19H27N3O4.ClH/c1-25-17-8-12(2-5-16(17)26-11-18(20)23)10-21-19(24)9-13-6-14-3-4-15(7-13)22-14;/h2,5,8,13-15,22H,3-4,6-7,9-11H2,1H3,(H2,20,23)(H,21,24);1H. The highest BCUT2D eigenvalue weighted by molar-refractivity contribution is 5.85. The summed E-state index contributed by atoms with van der Waals surface area (Å²) in [5, 5.41) is 6.59. The van der Waals surface area contributed by atoms with Crippen LogP contribution in [-0.4, -0.2) is 37.6 Å². The van der Waals surface area contributed by atoms with Gasteiger partial charge in [-0.3, -0.25) is 9.59 Å². The van der Waals surface area contributed by atoms with E-state index in [9.17, 15) is 9.59 Å². The van der Waals surface area contributed by atoms with Gasteiger partial charge in [0.2, 0.25) is 5.91 Å². The number of halogens is 1. The topological polar surface area (TPSA) is 103 Å². The molecule has 1 aromatic rings. The predicted molar refractivity (Wildman–Crippen MR) is 104 cm³/mol. The minimum atomic E-state index is -0.547. The van der Waals surface area contributed by atoms with Gasteiger partial charge in [0.1, 0.15) is 0 Å². The van der Waals surface area contributed by atoms with Crippen LogP contribution in [0.25, 0.3) is 0 Å². The lowest BCUT2D eigenvalue weighted by atomic mass is 9.89. The maximum atomic E-state index is 12.3. The number of benzene rings is 1. The van der Waals surface area contributed by atoms with Crippen LogP contribution in [0.3, 0.4) is 0 Å². The fourth-order valence-corrected chi connectivity index (χ4v) is 3.97. The van der Waals surface area contributed by atoms with Gasteiger partial charge in [0.25, 0.3) is 5.91 Å². The van der Waals surface area contributed by atoms with Gasteiger partial charge < -0.3 is 25.8 Å². The van der Waals surface area contributed by atoms with Crippen LogP contribution in [0, 0.1) is 5.92 Å². The number of hydrogen-bond acceptors (Lipinski definition) is 5. The Morgan fingerprint density at radius 1 is 1.22 bits per heavy atom. The molecule has 4 N–H and O–H groups in total. The van der Waals surface area contributed by atoms with Crippen LogP contribution in [-0.2, 0) is 16.1 Å². The van der Waals surface area contributed by atoms with Crippen LogP contribution < -0.4 is 25.8 Å². The van der Waals surface area contributed by atoms with E-state index >= 15 is 0 Å². The number of rotatable bonds is 8. The average molecular weight is 398 g/mol. The first-order chi connectivity index (χ1) is 12.5. The van der Waals surface area contributed by atoms with Crippen molar-refractivity contribution in [3.8, 4) is 11.5 Å². The van der Waals surface area contributed by atoms with Crippen molar-refractivity contribution in [3.05, 3.63) is 23.8 Å². The molecule has 0 aromatic heterocycles. The monoisotopic (exact) mass is 397 g/mol. The molecule has 0 radical (unpaired) electrons. The number of carbonyl (C=O) groups is 2. The van der Waals surface area contributed by atoms with Gasteiger partial charge in [0, 0.05) is 25.0 Å². The van der Waals surface area contributed by atoms with Crippen LogP contribution in [0.5, 0.6) is 11.5 Å².